The van der Waals surface area contributed by atoms with Crippen LogP contribution in [0.1, 0.15) is 68.8 Å². The Bertz CT molecular complexity index is 840. The Balaban J connectivity index is 1.34. The molecule has 1 aromatic carbocycles. The number of hydrogen-bond acceptors (Lipinski definition) is 4. The second-order valence-corrected chi connectivity index (χ2v) is 10.5. The predicted octanol–water partition coefficient (Wildman–Crippen LogP) is 4.43. The fraction of sp³-hybridized carbons (Fsp3) is 0.708. The summed E-state index contributed by atoms with van der Waals surface area (Å²) in [4.78, 5) is 14.5. The van der Waals surface area contributed by atoms with Gasteiger partial charge in [-0.3, -0.25) is 4.79 Å². The summed E-state index contributed by atoms with van der Waals surface area (Å²) in [6.45, 7) is 7.32. The molecule has 0 saturated carbocycles. The molecule has 3 saturated heterocycles. The zero-order valence-electron chi connectivity index (χ0n) is 18.9. The summed E-state index contributed by atoms with van der Waals surface area (Å²) >= 11 is 0. The van der Waals surface area contributed by atoms with E-state index in [2.05, 4.69) is 6.92 Å². The molecule has 1 aromatic rings. The highest BCUT2D eigenvalue weighted by Gasteiger charge is 2.53. The van der Waals surface area contributed by atoms with Crippen LogP contribution in [0, 0.1) is 5.41 Å². The number of piperidine rings is 1. The Morgan fingerprint density at radius 3 is 2.28 bits per heavy atom. The molecule has 3 aliphatic heterocycles. The van der Waals surface area contributed by atoms with Crippen LogP contribution in [-0.4, -0.2) is 59.0 Å². The maximum atomic E-state index is 12.8. The topological polar surface area (TPSA) is 59.0 Å². The van der Waals surface area contributed by atoms with Gasteiger partial charge in [0.25, 0.3) is 5.91 Å². The third-order valence-electron chi connectivity index (χ3n) is 7.56. The first kappa shape index (κ1) is 23.5. The fourth-order valence-electron chi connectivity index (χ4n) is 5.29. The maximum Gasteiger partial charge on any atom is 0.416 e. The van der Waals surface area contributed by atoms with Gasteiger partial charge in [-0.25, -0.2) is 0 Å². The molecular weight excluding hydrogens is 423 g/mol. The smallest absolute Gasteiger partial charge is 0.388 e. The van der Waals surface area contributed by atoms with E-state index in [1.807, 2.05) is 0 Å². The highest BCUT2D eigenvalue weighted by atomic mass is 19.4. The molecule has 1 amide bonds. The van der Waals surface area contributed by atoms with Gasteiger partial charge >= 0.3 is 6.18 Å². The Hall–Kier alpha value is -1.64. The van der Waals surface area contributed by atoms with Crippen LogP contribution in [-0.2, 0) is 15.7 Å². The average molecular weight is 456 g/mol. The minimum atomic E-state index is -4.41. The molecule has 4 rings (SSSR count). The molecule has 0 aromatic heterocycles. The van der Waals surface area contributed by atoms with Crippen molar-refractivity contribution in [2.45, 2.75) is 82.5 Å². The van der Waals surface area contributed by atoms with E-state index in [0.29, 0.717) is 19.7 Å². The summed E-state index contributed by atoms with van der Waals surface area (Å²) in [6.07, 6.45) is -0.608. The highest BCUT2D eigenvalue weighted by Crippen LogP contribution is 2.49. The third kappa shape index (κ3) is 4.54. The monoisotopic (exact) mass is 455 g/mol. The van der Waals surface area contributed by atoms with Gasteiger partial charge in [0.1, 0.15) is 0 Å². The normalized spacial score (nSPS) is 30.8. The zero-order valence-corrected chi connectivity index (χ0v) is 18.9. The van der Waals surface area contributed by atoms with Gasteiger partial charge in [-0.05, 0) is 82.6 Å². The summed E-state index contributed by atoms with van der Waals surface area (Å²) in [6, 6.07) is 4.41. The molecule has 1 spiro atoms. The summed E-state index contributed by atoms with van der Waals surface area (Å²) in [5.74, 6) is -0.233. The molecule has 178 valence electrons. The zero-order chi connectivity index (χ0) is 23.4. The van der Waals surface area contributed by atoms with Crippen molar-refractivity contribution >= 4 is 5.91 Å². The van der Waals surface area contributed by atoms with E-state index in [0.717, 1.165) is 44.2 Å². The van der Waals surface area contributed by atoms with Gasteiger partial charge in [0.15, 0.2) is 0 Å². The Morgan fingerprint density at radius 1 is 1.12 bits per heavy atom. The third-order valence-corrected chi connectivity index (χ3v) is 7.56. The molecule has 1 N–H and O–H groups in total. The van der Waals surface area contributed by atoms with Gasteiger partial charge in [-0.1, -0.05) is 0 Å². The van der Waals surface area contributed by atoms with Crippen molar-refractivity contribution in [3.05, 3.63) is 35.4 Å². The Labute approximate surface area is 186 Å². The van der Waals surface area contributed by atoms with Crippen LogP contribution in [0.25, 0.3) is 0 Å². The minimum absolute atomic E-state index is 0.0131. The molecule has 32 heavy (non-hydrogen) atoms. The average Bonchev–Trinajstić information content (AvgIpc) is 3.33. The first-order valence-electron chi connectivity index (χ1n) is 11.3. The molecule has 3 heterocycles. The number of nitrogens with zero attached hydrogens (tertiary/aromatic N) is 1. The molecule has 3 aliphatic rings. The lowest BCUT2D eigenvalue weighted by Crippen LogP contribution is -2.45. The van der Waals surface area contributed by atoms with Crippen molar-refractivity contribution in [1.29, 1.82) is 0 Å². The van der Waals surface area contributed by atoms with Crippen molar-refractivity contribution in [2.75, 3.05) is 19.7 Å². The van der Waals surface area contributed by atoms with E-state index in [9.17, 15) is 23.1 Å². The van der Waals surface area contributed by atoms with Crippen LogP contribution in [0.15, 0.2) is 24.3 Å². The van der Waals surface area contributed by atoms with Gasteiger partial charge in [-0.2, -0.15) is 13.2 Å². The molecule has 0 bridgehead atoms. The number of rotatable bonds is 3. The number of aliphatic hydroxyl groups is 1. The number of hydrogen-bond donors (Lipinski definition) is 1. The van der Waals surface area contributed by atoms with Crippen LogP contribution < -0.4 is 0 Å². The number of carbonyl (C=O) groups excluding carboxylic acids is 1. The SMILES string of the molecule is CC(C)(O)[C@@H]1CC[C@](C)([C@@H]2CC3(CCN(C(=O)c4ccc(C(F)(F)F)cc4)CC3)CO2)O1. The van der Waals surface area contributed by atoms with Crippen molar-refractivity contribution in [3.8, 4) is 0 Å². The lowest BCUT2D eigenvalue weighted by Gasteiger charge is -2.39. The molecule has 8 heteroatoms. The Kier molecular flexibility index (Phi) is 5.87. The molecular formula is C24H32F3NO4. The maximum absolute atomic E-state index is 12.8. The van der Waals surface area contributed by atoms with Gasteiger partial charge in [-0.15, -0.1) is 0 Å². The first-order valence-corrected chi connectivity index (χ1v) is 11.3. The van der Waals surface area contributed by atoms with Crippen molar-refractivity contribution in [3.63, 3.8) is 0 Å². The molecule has 3 atom stereocenters. The largest absolute Gasteiger partial charge is 0.416 e. The van der Waals surface area contributed by atoms with Crippen LogP contribution in [0.4, 0.5) is 13.2 Å². The van der Waals surface area contributed by atoms with Gasteiger partial charge in [0.2, 0.25) is 0 Å². The summed E-state index contributed by atoms with van der Waals surface area (Å²) < 4.78 is 50.8. The van der Waals surface area contributed by atoms with Crippen molar-refractivity contribution in [1.82, 2.24) is 4.90 Å². The molecule has 0 aliphatic carbocycles. The number of halogens is 3. The molecule has 0 unspecified atom stereocenters. The summed E-state index contributed by atoms with van der Waals surface area (Å²) in [5.41, 5.74) is -1.81. The quantitative estimate of drug-likeness (QED) is 0.733. The number of benzene rings is 1. The Morgan fingerprint density at radius 2 is 1.75 bits per heavy atom. The van der Waals surface area contributed by atoms with Crippen molar-refractivity contribution in [2.24, 2.45) is 5.41 Å². The molecule has 5 nitrogen and oxygen atoms in total. The van der Waals surface area contributed by atoms with Crippen LogP contribution in [0.2, 0.25) is 0 Å². The fourth-order valence-corrected chi connectivity index (χ4v) is 5.29. The number of alkyl halides is 3. The van der Waals surface area contributed by atoms with Crippen LogP contribution in [0.3, 0.4) is 0 Å². The van der Waals surface area contributed by atoms with E-state index in [1.54, 1.807) is 18.7 Å². The second-order valence-electron chi connectivity index (χ2n) is 10.5. The minimum Gasteiger partial charge on any atom is -0.388 e. The van der Waals surface area contributed by atoms with E-state index in [1.165, 1.54) is 12.1 Å². The van der Waals surface area contributed by atoms with E-state index in [-0.39, 0.29) is 29.1 Å². The molecule has 3 fully saturated rings. The number of ether oxygens (including phenoxy) is 2. The summed E-state index contributed by atoms with van der Waals surface area (Å²) in [7, 11) is 0. The van der Waals surface area contributed by atoms with Crippen LogP contribution in [0.5, 0.6) is 0 Å². The lowest BCUT2D eigenvalue weighted by molar-refractivity contribution is -0.155. The standard InChI is InChI=1S/C24H32F3NO4/c1-21(2,30)18-8-9-22(3,32-18)19-14-23(15-31-19)10-12-28(13-11-23)20(29)16-4-6-17(7-5-16)24(25,26)27/h4-7,18-19,30H,8-15H2,1-3H3/t18-,19-,22+/m0/s1. The summed E-state index contributed by atoms with van der Waals surface area (Å²) in [5, 5.41) is 10.3. The van der Waals surface area contributed by atoms with E-state index >= 15 is 0 Å². The number of carbonyl (C=O) groups is 1. The second kappa shape index (κ2) is 7.99. The van der Waals surface area contributed by atoms with Gasteiger partial charge in [0.05, 0.1) is 35.6 Å². The van der Waals surface area contributed by atoms with Crippen LogP contribution >= 0.6 is 0 Å². The van der Waals surface area contributed by atoms with Gasteiger partial charge in [0, 0.05) is 18.7 Å². The van der Waals surface area contributed by atoms with E-state index < -0.39 is 22.9 Å². The predicted molar refractivity (Wildman–Crippen MR) is 112 cm³/mol. The highest BCUT2D eigenvalue weighted by molar-refractivity contribution is 5.94. The van der Waals surface area contributed by atoms with Gasteiger partial charge < -0.3 is 19.5 Å². The molecule has 0 radical (unpaired) electrons. The number of amides is 1. The lowest BCUT2D eigenvalue weighted by atomic mass is 9.74. The van der Waals surface area contributed by atoms with E-state index in [4.69, 9.17) is 9.47 Å². The first-order chi connectivity index (χ1) is 14.8. The van der Waals surface area contributed by atoms with Crippen molar-refractivity contribution < 1.29 is 32.5 Å². The number of likely N-dealkylation sites (tertiary alicyclic amines) is 1.